The second-order valence-electron chi connectivity index (χ2n) is 7.29. The first-order valence-corrected chi connectivity index (χ1v) is 11.2. The molecule has 0 aliphatic heterocycles. The number of nitrogens with one attached hydrogen (secondary N) is 2. The van der Waals surface area contributed by atoms with Gasteiger partial charge in [0.15, 0.2) is 0 Å². The maximum atomic E-state index is 10.9. The molecule has 4 rings (SSSR count). The topological polar surface area (TPSA) is 83.9 Å². The fourth-order valence-electron chi connectivity index (χ4n) is 2.93. The zero-order valence-corrected chi connectivity index (χ0v) is 18.9. The number of hydrogen-bond acceptors (Lipinski definition) is 3. The number of H-pyrrole nitrogens is 2. The number of hydrogen-bond donors (Lipinski definition) is 3. The molecule has 1 fully saturated rings. The Morgan fingerprint density at radius 1 is 1.00 bits per heavy atom. The average molecular weight is 424 g/mol. The summed E-state index contributed by atoms with van der Waals surface area (Å²) < 4.78 is 5.31. The molecule has 0 bridgehead atoms. The minimum atomic E-state index is -0.212. The van der Waals surface area contributed by atoms with E-state index in [0.717, 1.165) is 11.0 Å². The molecule has 31 heavy (non-hydrogen) atoms. The van der Waals surface area contributed by atoms with Crippen LogP contribution in [-0.4, -0.2) is 23.1 Å². The molecule has 4 N–H and O–H groups in total. The van der Waals surface area contributed by atoms with Crippen LogP contribution in [0.15, 0.2) is 59.4 Å². The van der Waals surface area contributed by atoms with E-state index in [2.05, 4.69) is 29.7 Å². The summed E-state index contributed by atoms with van der Waals surface area (Å²) in [5.74, 6) is 4.13. The first-order valence-electron chi connectivity index (χ1n) is 11.2. The van der Waals surface area contributed by atoms with Crippen molar-refractivity contribution < 1.29 is 4.74 Å². The Kier molecular flexibility index (Phi) is 14.1. The smallest absolute Gasteiger partial charge is 0.323 e. The van der Waals surface area contributed by atoms with Gasteiger partial charge in [-0.1, -0.05) is 75.9 Å². The second kappa shape index (κ2) is 16.8. The summed E-state index contributed by atoms with van der Waals surface area (Å²) >= 11 is 0. The molecule has 0 unspecified atom stereocenters. The molecule has 1 saturated carbocycles. The number of benzene rings is 2. The molecule has 0 radical (unpaired) electrons. The molecule has 1 aromatic heterocycles. The van der Waals surface area contributed by atoms with E-state index in [1.807, 2.05) is 36.4 Å². The van der Waals surface area contributed by atoms with E-state index in [9.17, 15) is 4.79 Å². The highest BCUT2D eigenvalue weighted by molar-refractivity contribution is 5.75. The van der Waals surface area contributed by atoms with Crippen molar-refractivity contribution in [3.8, 4) is 18.1 Å². The Morgan fingerprint density at radius 3 is 2.03 bits per heavy atom. The highest BCUT2D eigenvalue weighted by atomic mass is 16.5. The fraction of sp³-hybridized carbons (Fsp3) is 0.423. The van der Waals surface area contributed by atoms with E-state index in [-0.39, 0.29) is 5.69 Å². The van der Waals surface area contributed by atoms with Crippen LogP contribution in [0, 0.1) is 18.3 Å². The number of aromatic amines is 2. The van der Waals surface area contributed by atoms with Gasteiger partial charge in [-0.05, 0) is 25.0 Å². The lowest BCUT2D eigenvalue weighted by Gasteiger charge is -2.14. The van der Waals surface area contributed by atoms with E-state index in [1.54, 1.807) is 18.2 Å². The van der Waals surface area contributed by atoms with Gasteiger partial charge in [0, 0.05) is 18.5 Å². The Hall–Kier alpha value is -2.97. The molecular weight excluding hydrogens is 386 g/mol. The number of ether oxygens (including phenoxy) is 1. The highest BCUT2D eigenvalue weighted by Gasteiger charge is 2.08. The minimum absolute atomic E-state index is 0.212. The zero-order valence-electron chi connectivity index (χ0n) is 18.9. The number of nitrogens with two attached hydrogens (primary N) is 1. The van der Waals surface area contributed by atoms with Gasteiger partial charge in [0.2, 0.25) is 0 Å². The first kappa shape index (κ1) is 26.1. The van der Waals surface area contributed by atoms with E-state index in [0.29, 0.717) is 24.8 Å². The van der Waals surface area contributed by atoms with Gasteiger partial charge in [-0.15, -0.1) is 12.3 Å². The van der Waals surface area contributed by atoms with Crippen LogP contribution in [0.25, 0.3) is 11.0 Å². The summed E-state index contributed by atoms with van der Waals surface area (Å²) in [5.41, 5.74) is 6.61. The molecule has 3 aromatic rings. The average Bonchev–Trinajstić information content (AvgIpc) is 3.20. The molecule has 1 aliphatic carbocycles. The normalized spacial score (nSPS) is 12.7. The lowest BCUT2D eigenvalue weighted by Crippen LogP contribution is -2.10. The van der Waals surface area contributed by atoms with Gasteiger partial charge in [0.1, 0.15) is 12.4 Å². The quantitative estimate of drug-likeness (QED) is 0.487. The Morgan fingerprint density at radius 2 is 1.55 bits per heavy atom. The third-order valence-corrected chi connectivity index (χ3v) is 4.38. The molecule has 2 aromatic carbocycles. The molecule has 5 heteroatoms. The lowest BCUT2D eigenvalue weighted by atomic mass is 9.90. The standard InChI is InChI=1S/C9H11N3O2.C8H12.C6H6.C3H8/c10-3-4-14-6-1-2-7-8(5-6)12-9(13)11-7;1-2-8-6-4-3-5-7-8;1-2-4-6-5-3-1;1-3-2/h1-2,5H,3-4,10H2,(H2,11,12,13);1,8H,3-7H2;1-6H;3H2,1-2H3. The highest BCUT2D eigenvalue weighted by Crippen LogP contribution is 2.22. The summed E-state index contributed by atoms with van der Waals surface area (Å²) in [5, 5.41) is 0. The van der Waals surface area contributed by atoms with Crippen molar-refractivity contribution in [1.29, 1.82) is 0 Å². The summed E-state index contributed by atoms with van der Waals surface area (Å²) in [6.07, 6.45) is 13.2. The fourth-order valence-corrected chi connectivity index (χ4v) is 2.93. The predicted molar refractivity (Wildman–Crippen MR) is 131 cm³/mol. The van der Waals surface area contributed by atoms with E-state index in [4.69, 9.17) is 16.9 Å². The Balaban J connectivity index is 0.000000239. The van der Waals surface area contributed by atoms with E-state index < -0.39 is 0 Å². The summed E-state index contributed by atoms with van der Waals surface area (Å²) in [6.45, 7) is 5.20. The van der Waals surface area contributed by atoms with Gasteiger partial charge in [0.25, 0.3) is 0 Å². The maximum absolute atomic E-state index is 10.9. The lowest BCUT2D eigenvalue weighted by molar-refractivity contribution is 0.328. The zero-order chi connectivity index (χ0) is 22.7. The monoisotopic (exact) mass is 423 g/mol. The molecule has 0 amide bonds. The SMILES string of the molecule is C#CC1CCCCC1.CCC.NCCOc1ccc2[nH]c(=O)[nH]c2c1.c1ccccc1. The molecule has 0 saturated heterocycles. The van der Waals surface area contributed by atoms with Crippen molar-refractivity contribution in [1.82, 2.24) is 9.97 Å². The van der Waals surface area contributed by atoms with Crippen LogP contribution < -0.4 is 16.2 Å². The summed E-state index contributed by atoms with van der Waals surface area (Å²) in [4.78, 5) is 16.2. The van der Waals surface area contributed by atoms with Gasteiger partial charge < -0.3 is 20.4 Å². The first-order chi connectivity index (χ1) is 15.1. The molecule has 0 spiro atoms. The molecular formula is C26H37N3O2. The number of imidazole rings is 1. The number of fused-ring (bicyclic) bond motifs is 1. The largest absolute Gasteiger partial charge is 0.492 e. The van der Waals surface area contributed by atoms with Crippen molar-refractivity contribution in [2.45, 2.75) is 52.4 Å². The molecule has 168 valence electrons. The van der Waals surface area contributed by atoms with Crippen molar-refractivity contribution in [2.75, 3.05) is 13.2 Å². The van der Waals surface area contributed by atoms with Gasteiger partial charge in [0.05, 0.1) is 11.0 Å². The van der Waals surface area contributed by atoms with Crippen LogP contribution in [0.2, 0.25) is 0 Å². The van der Waals surface area contributed by atoms with Crippen molar-refractivity contribution in [3.05, 3.63) is 65.1 Å². The maximum Gasteiger partial charge on any atom is 0.323 e. The van der Waals surface area contributed by atoms with Crippen LogP contribution in [-0.2, 0) is 0 Å². The van der Waals surface area contributed by atoms with Crippen LogP contribution in [0.4, 0.5) is 0 Å². The van der Waals surface area contributed by atoms with Crippen molar-refractivity contribution >= 4 is 11.0 Å². The third-order valence-electron chi connectivity index (χ3n) is 4.38. The second-order valence-corrected chi connectivity index (χ2v) is 7.29. The molecule has 5 nitrogen and oxygen atoms in total. The van der Waals surface area contributed by atoms with Crippen LogP contribution in [0.1, 0.15) is 52.4 Å². The van der Waals surface area contributed by atoms with Crippen LogP contribution >= 0.6 is 0 Å². The van der Waals surface area contributed by atoms with Crippen molar-refractivity contribution in [2.24, 2.45) is 11.7 Å². The molecule has 1 heterocycles. The third kappa shape index (κ3) is 11.7. The summed E-state index contributed by atoms with van der Waals surface area (Å²) in [6, 6.07) is 17.4. The number of rotatable bonds is 3. The van der Waals surface area contributed by atoms with Gasteiger partial charge in [-0.2, -0.15) is 0 Å². The van der Waals surface area contributed by atoms with Crippen molar-refractivity contribution in [3.63, 3.8) is 0 Å². The van der Waals surface area contributed by atoms with Crippen LogP contribution in [0.3, 0.4) is 0 Å². The predicted octanol–water partition coefficient (Wildman–Crippen LogP) is 5.50. The Labute approximate surface area is 186 Å². The minimum Gasteiger partial charge on any atom is -0.492 e. The van der Waals surface area contributed by atoms with Gasteiger partial charge in [-0.25, -0.2) is 4.79 Å². The number of aromatic nitrogens is 2. The summed E-state index contributed by atoms with van der Waals surface area (Å²) in [7, 11) is 0. The van der Waals surface area contributed by atoms with Gasteiger partial charge >= 0.3 is 5.69 Å². The molecule has 0 atom stereocenters. The molecule has 1 aliphatic rings. The van der Waals surface area contributed by atoms with Gasteiger partial charge in [-0.3, -0.25) is 0 Å². The van der Waals surface area contributed by atoms with E-state index in [1.165, 1.54) is 38.5 Å². The number of terminal acetylenes is 1. The van der Waals surface area contributed by atoms with E-state index >= 15 is 0 Å². The Bertz CT molecular complexity index is 877. The van der Waals surface area contributed by atoms with Crippen LogP contribution in [0.5, 0.6) is 5.75 Å².